The van der Waals surface area contributed by atoms with Crippen LogP contribution in [0, 0.1) is 0 Å². The number of carbonyl (C=O) groups excluding carboxylic acids is 1. The second kappa shape index (κ2) is 7.84. The van der Waals surface area contributed by atoms with E-state index in [9.17, 15) is 4.79 Å². The number of piperazine rings is 1. The highest BCUT2D eigenvalue weighted by molar-refractivity contribution is 5.80. The van der Waals surface area contributed by atoms with Gasteiger partial charge < -0.3 is 14.6 Å². The van der Waals surface area contributed by atoms with E-state index in [2.05, 4.69) is 39.4 Å². The van der Waals surface area contributed by atoms with Gasteiger partial charge in [-0.3, -0.25) is 9.69 Å². The maximum Gasteiger partial charge on any atom is 0.234 e. The third kappa shape index (κ3) is 4.14. The number of anilines is 1. The van der Waals surface area contributed by atoms with Crippen LogP contribution < -0.4 is 10.2 Å². The summed E-state index contributed by atoms with van der Waals surface area (Å²) in [5.41, 5.74) is 2.10. The Morgan fingerprint density at radius 2 is 1.74 bits per heavy atom. The minimum Gasteiger partial charge on any atom is -0.459 e. The fourth-order valence-corrected chi connectivity index (χ4v) is 3.58. The van der Waals surface area contributed by atoms with Crippen molar-refractivity contribution in [2.75, 3.05) is 37.6 Å². The Morgan fingerprint density at radius 1 is 1.04 bits per heavy atom. The van der Waals surface area contributed by atoms with Crippen LogP contribution >= 0.6 is 0 Å². The summed E-state index contributed by atoms with van der Waals surface area (Å²) in [7, 11) is 0. The van der Waals surface area contributed by atoms with Gasteiger partial charge in [-0.2, -0.15) is 0 Å². The molecule has 0 spiro atoms. The number of nitrogens with one attached hydrogen (secondary N) is 1. The van der Waals surface area contributed by atoms with E-state index in [0.29, 0.717) is 6.54 Å². The largest absolute Gasteiger partial charge is 0.459 e. The molecule has 2 aromatic carbocycles. The number of para-hydroxylation sites is 2. The number of rotatable bonds is 5. The van der Waals surface area contributed by atoms with Gasteiger partial charge in [-0.25, -0.2) is 0 Å². The predicted octanol–water partition coefficient (Wildman–Crippen LogP) is 3.43. The Kier molecular flexibility index (Phi) is 5.12. The third-order valence-electron chi connectivity index (χ3n) is 5.11. The van der Waals surface area contributed by atoms with Gasteiger partial charge in [0.05, 0.1) is 12.6 Å². The molecule has 0 unspecified atom stereocenters. The van der Waals surface area contributed by atoms with Gasteiger partial charge >= 0.3 is 0 Å². The van der Waals surface area contributed by atoms with E-state index in [1.807, 2.05) is 43.3 Å². The van der Waals surface area contributed by atoms with Crippen molar-refractivity contribution in [3.8, 4) is 0 Å². The molecule has 1 atom stereocenters. The lowest BCUT2D eigenvalue weighted by Gasteiger charge is -2.35. The van der Waals surface area contributed by atoms with E-state index in [1.54, 1.807) is 0 Å². The number of hydrogen-bond donors (Lipinski definition) is 1. The van der Waals surface area contributed by atoms with Crippen molar-refractivity contribution in [1.29, 1.82) is 0 Å². The number of furan rings is 1. The standard InChI is InChI=1S/C22H25N3O2/c1-17(21-15-18-7-5-6-10-20(18)27-21)23-22(26)16-24-11-13-25(14-12-24)19-8-3-2-4-9-19/h2-10,15,17H,11-14,16H2,1H3,(H,23,26)/t17-/m1/s1. The van der Waals surface area contributed by atoms with Crippen molar-refractivity contribution < 1.29 is 9.21 Å². The molecular weight excluding hydrogens is 338 g/mol. The highest BCUT2D eigenvalue weighted by atomic mass is 16.3. The number of carbonyl (C=O) groups is 1. The average Bonchev–Trinajstić information content (AvgIpc) is 3.14. The summed E-state index contributed by atoms with van der Waals surface area (Å²) in [5, 5.41) is 4.12. The normalized spacial score (nSPS) is 16.4. The average molecular weight is 363 g/mol. The zero-order valence-corrected chi connectivity index (χ0v) is 15.6. The molecule has 0 radical (unpaired) electrons. The first kappa shape index (κ1) is 17.6. The SMILES string of the molecule is C[C@@H](NC(=O)CN1CCN(c2ccccc2)CC1)c1cc2ccccc2o1. The summed E-state index contributed by atoms with van der Waals surface area (Å²) >= 11 is 0. The molecular formula is C22H25N3O2. The van der Waals surface area contributed by atoms with Gasteiger partial charge in [-0.05, 0) is 31.2 Å². The second-order valence-corrected chi connectivity index (χ2v) is 7.07. The summed E-state index contributed by atoms with van der Waals surface area (Å²) in [6, 6.07) is 20.2. The fraction of sp³-hybridized carbons (Fsp3) is 0.318. The monoisotopic (exact) mass is 363 g/mol. The van der Waals surface area contributed by atoms with Crippen molar-refractivity contribution in [2.24, 2.45) is 0 Å². The molecule has 1 aliphatic heterocycles. The lowest BCUT2D eigenvalue weighted by Crippen LogP contribution is -2.49. The molecule has 140 valence electrons. The van der Waals surface area contributed by atoms with Crippen molar-refractivity contribution in [2.45, 2.75) is 13.0 Å². The molecule has 1 N–H and O–H groups in total. The van der Waals surface area contributed by atoms with E-state index in [4.69, 9.17) is 4.42 Å². The lowest BCUT2D eigenvalue weighted by molar-refractivity contribution is -0.123. The van der Waals surface area contributed by atoms with Crippen LogP contribution in [0.1, 0.15) is 18.7 Å². The fourth-order valence-electron chi connectivity index (χ4n) is 3.58. The minimum atomic E-state index is -0.143. The highest BCUT2D eigenvalue weighted by Crippen LogP contribution is 2.23. The van der Waals surface area contributed by atoms with Crippen molar-refractivity contribution in [1.82, 2.24) is 10.2 Å². The maximum absolute atomic E-state index is 12.5. The van der Waals surface area contributed by atoms with E-state index < -0.39 is 0 Å². The summed E-state index contributed by atoms with van der Waals surface area (Å²) in [6.07, 6.45) is 0. The Balaban J connectivity index is 1.28. The molecule has 0 aliphatic carbocycles. The molecule has 1 amide bonds. The van der Waals surface area contributed by atoms with Crippen LogP contribution in [-0.4, -0.2) is 43.5 Å². The van der Waals surface area contributed by atoms with Crippen LogP contribution in [0.5, 0.6) is 0 Å². The van der Waals surface area contributed by atoms with E-state index in [0.717, 1.165) is 42.9 Å². The first-order valence-corrected chi connectivity index (χ1v) is 9.49. The summed E-state index contributed by atoms with van der Waals surface area (Å²) in [6.45, 7) is 6.05. The first-order valence-electron chi connectivity index (χ1n) is 9.49. The van der Waals surface area contributed by atoms with Gasteiger partial charge in [0.1, 0.15) is 11.3 Å². The molecule has 3 aromatic rings. The van der Waals surface area contributed by atoms with Crippen LogP contribution in [0.25, 0.3) is 11.0 Å². The Hall–Kier alpha value is -2.79. The van der Waals surface area contributed by atoms with Crippen LogP contribution in [0.15, 0.2) is 65.1 Å². The Bertz CT molecular complexity index is 865. The van der Waals surface area contributed by atoms with E-state index in [1.165, 1.54) is 5.69 Å². The van der Waals surface area contributed by atoms with Crippen molar-refractivity contribution >= 4 is 22.6 Å². The lowest BCUT2D eigenvalue weighted by atomic mass is 10.2. The topological polar surface area (TPSA) is 48.7 Å². The molecule has 4 rings (SSSR count). The van der Waals surface area contributed by atoms with Crippen LogP contribution in [-0.2, 0) is 4.79 Å². The number of hydrogen-bond acceptors (Lipinski definition) is 4. The minimum absolute atomic E-state index is 0.0381. The third-order valence-corrected chi connectivity index (χ3v) is 5.11. The maximum atomic E-state index is 12.5. The summed E-state index contributed by atoms with van der Waals surface area (Å²) in [5.74, 6) is 0.828. The van der Waals surface area contributed by atoms with Gasteiger partial charge in [0, 0.05) is 37.3 Å². The van der Waals surface area contributed by atoms with Crippen LogP contribution in [0.3, 0.4) is 0 Å². The Morgan fingerprint density at radius 3 is 2.48 bits per heavy atom. The van der Waals surface area contributed by atoms with Crippen LogP contribution in [0.2, 0.25) is 0 Å². The van der Waals surface area contributed by atoms with Gasteiger partial charge in [0.25, 0.3) is 0 Å². The zero-order chi connectivity index (χ0) is 18.6. The van der Waals surface area contributed by atoms with Gasteiger partial charge in [-0.15, -0.1) is 0 Å². The molecule has 0 bridgehead atoms. The van der Waals surface area contributed by atoms with Crippen molar-refractivity contribution in [3.63, 3.8) is 0 Å². The number of nitrogens with zero attached hydrogens (tertiary/aromatic N) is 2. The molecule has 1 aliphatic rings. The summed E-state index contributed by atoms with van der Waals surface area (Å²) < 4.78 is 5.85. The molecule has 5 nitrogen and oxygen atoms in total. The molecule has 5 heteroatoms. The van der Waals surface area contributed by atoms with Crippen LogP contribution in [0.4, 0.5) is 5.69 Å². The summed E-state index contributed by atoms with van der Waals surface area (Å²) in [4.78, 5) is 17.0. The second-order valence-electron chi connectivity index (χ2n) is 7.07. The van der Waals surface area contributed by atoms with E-state index in [-0.39, 0.29) is 11.9 Å². The highest BCUT2D eigenvalue weighted by Gasteiger charge is 2.20. The Labute approximate surface area is 159 Å². The number of amides is 1. The quantitative estimate of drug-likeness (QED) is 0.754. The predicted molar refractivity (Wildman–Crippen MR) is 108 cm³/mol. The molecule has 2 heterocycles. The van der Waals surface area contributed by atoms with Crippen molar-refractivity contribution in [3.05, 3.63) is 66.4 Å². The smallest absolute Gasteiger partial charge is 0.234 e. The molecule has 1 aromatic heterocycles. The number of fused-ring (bicyclic) bond motifs is 1. The van der Waals surface area contributed by atoms with Gasteiger partial charge in [0.2, 0.25) is 5.91 Å². The van der Waals surface area contributed by atoms with Gasteiger partial charge in [0.15, 0.2) is 0 Å². The molecule has 0 saturated carbocycles. The first-order chi connectivity index (χ1) is 13.2. The number of benzene rings is 2. The molecule has 1 fully saturated rings. The molecule has 1 saturated heterocycles. The zero-order valence-electron chi connectivity index (χ0n) is 15.6. The van der Waals surface area contributed by atoms with E-state index >= 15 is 0 Å². The molecule has 27 heavy (non-hydrogen) atoms. The van der Waals surface area contributed by atoms with Gasteiger partial charge in [-0.1, -0.05) is 36.4 Å².